The van der Waals surface area contributed by atoms with Crippen LogP contribution in [-0.2, 0) is 6.54 Å². The Bertz CT molecular complexity index is 487. The van der Waals surface area contributed by atoms with Gasteiger partial charge < -0.3 is 9.73 Å². The maximum atomic E-state index is 5.76. The Kier molecular flexibility index (Phi) is 3.85. The molecule has 2 nitrogen and oxygen atoms in total. The van der Waals surface area contributed by atoms with Gasteiger partial charge in [0.2, 0.25) is 0 Å². The third kappa shape index (κ3) is 2.37. The van der Waals surface area contributed by atoms with Crippen molar-refractivity contribution >= 4 is 11.0 Å². The van der Waals surface area contributed by atoms with Crippen LogP contribution in [0.5, 0.6) is 0 Å². The van der Waals surface area contributed by atoms with E-state index in [-0.39, 0.29) is 0 Å². The van der Waals surface area contributed by atoms with Gasteiger partial charge in [-0.15, -0.1) is 0 Å². The Morgan fingerprint density at radius 2 is 2.12 bits per heavy atom. The summed E-state index contributed by atoms with van der Waals surface area (Å²) in [7, 11) is 0. The van der Waals surface area contributed by atoms with Gasteiger partial charge in [-0.25, -0.2) is 0 Å². The van der Waals surface area contributed by atoms with Gasteiger partial charge in [0.1, 0.15) is 5.58 Å². The predicted octanol–water partition coefficient (Wildman–Crippen LogP) is 4.06. The number of rotatable bonds is 5. The van der Waals surface area contributed by atoms with Gasteiger partial charge in [-0.3, -0.25) is 0 Å². The second kappa shape index (κ2) is 5.37. The number of para-hydroxylation sites is 1. The monoisotopic (exact) mass is 231 g/mol. The number of nitrogens with one attached hydrogen (secondary N) is 1. The van der Waals surface area contributed by atoms with Crippen LogP contribution in [0.3, 0.4) is 0 Å². The Balaban J connectivity index is 2.41. The molecule has 0 saturated heterocycles. The molecule has 0 fully saturated rings. The van der Waals surface area contributed by atoms with E-state index >= 15 is 0 Å². The third-order valence-corrected chi connectivity index (χ3v) is 3.42. The zero-order valence-corrected chi connectivity index (χ0v) is 10.9. The van der Waals surface area contributed by atoms with E-state index in [1.165, 1.54) is 16.5 Å². The molecule has 0 bridgehead atoms. The van der Waals surface area contributed by atoms with E-state index in [9.17, 15) is 0 Å². The molecule has 1 aromatic heterocycles. The van der Waals surface area contributed by atoms with Gasteiger partial charge >= 0.3 is 0 Å². The molecule has 0 aliphatic carbocycles. The molecule has 17 heavy (non-hydrogen) atoms. The number of hydrogen-bond donors (Lipinski definition) is 1. The zero-order chi connectivity index (χ0) is 12.3. The van der Waals surface area contributed by atoms with Crippen molar-refractivity contribution in [3.63, 3.8) is 0 Å². The van der Waals surface area contributed by atoms with Gasteiger partial charge in [-0.2, -0.15) is 0 Å². The van der Waals surface area contributed by atoms with E-state index in [0.29, 0.717) is 5.92 Å². The summed E-state index contributed by atoms with van der Waals surface area (Å²) in [5.74, 6) is 0.553. The SMILES string of the molecule is CCNCc1coc2c(C(C)CC)cccc12. The first-order valence-corrected chi connectivity index (χ1v) is 6.47. The highest BCUT2D eigenvalue weighted by molar-refractivity contribution is 5.84. The molecule has 1 N–H and O–H groups in total. The Labute approximate surface area is 103 Å². The molecule has 2 heteroatoms. The molecule has 2 rings (SSSR count). The van der Waals surface area contributed by atoms with Gasteiger partial charge in [0.05, 0.1) is 6.26 Å². The second-order valence-electron chi connectivity index (χ2n) is 4.57. The van der Waals surface area contributed by atoms with E-state index < -0.39 is 0 Å². The second-order valence-corrected chi connectivity index (χ2v) is 4.57. The van der Waals surface area contributed by atoms with Crippen molar-refractivity contribution < 1.29 is 4.42 Å². The molecule has 0 aliphatic heterocycles. The molecule has 1 heterocycles. The molecule has 1 aromatic carbocycles. The lowest BCUT2D eigenvalue weighted by Crippen LogP contribution is -2.11. The summed E-state index contributed by atoms with van der Waals surface area (Å²) in [6.07, 6.45) is 3.03. The molecule has 1 unspecified atom stereocenters. The van der Waals surface area contributed by atoms with E-state index in [2.05, 4.69) is 44.3 Å². The fraction of sp³-hybridized carbons (Fsp3) is 0.467. The van der Waals surface area contributed by atoms with Crippen LogP contribution >= 0.6 is 0 Å². The van der Waals surface area contributed by atoms with Crippen LogP contribution in [-0.4, -0.2) is 6.54 Å². The zero-order valence-electron chi connectivity index (χ0n) is 10.9. The van der Waals surface area contributed by atoms with Crippen molar-refractivity contribution in [2.75, 3.05) is 6.54 Å². The van der Waals surface area contributed by atoms with E-state index in [0.717, 1.165) is 25.1 Å². The topological polar surface area (TPSA) is 25.2 Å². The van der Waals surface area contributed by atoms with E-state index in [1.807, 2.05) is 6.26 Å². The molecule has 1 atom stereocenters. The van der Waals surface area contributed by atoms with Gasteiger partial charge in [0.25, 0.3) is 0 Å². The van der Waals surface area contributed by atoms with Crippen LogP contribution in [0.2, 0.25) is 0 Å². The molecule has 0 amide bonds. The summed E-state index contributed by atoms with van der Waals surface area (Å²) in [5.41, 5.74) is 3.65. The molecule has 0 saturated carbocycles. The van der Waals surface area contributed by atoms with Crippen LogP contribution in [0, 0.1) is 0 Å². The van der Waals surface area contributed by atoms with E-state index in [4.69, 9.17) is 4.42 Å². The van der Waals surface area contributed by atoms with Crippen molar-refractivity contribution in [3.05, 3.63) is 35.6 Å². The summed E-state index contributed by atoms with van der Waals surface area (Å²) >= 11 is 0. The molecular weight excluding hydrogens is 210 g/mol. The van der Waals surface area contributed by atoms with Crippen LogP contribution < -0.4 is 5.32 Å². The average molecular weight is 231 g/mol. The first-order valence-electron chi connectivity index (χ1n) is 6.47. The highest BCUT2D eigenvalue weighted by Crippen LogP contribution is 2.30. The fourth-order valence-electron chi connectivity index (χ4n) is 2.14. The van der Waals surface area contributed by atoms with Crippen molar-refractivity contribution in [1.82, 2.24) is 5.32 Å². The normalized spacial score (nSPS) is 13.1. The quantitative estimate of drug-likeness (QED) is 0.839. The van der Waals surface area contributed by atoms with Gasteiger partial charge in [0.15, 0.2) is 0 Å². The minimum Gasteiger partial charge on any atom is -0.464 e. The largest absolute Gasteiger partial charge is 0.464 e. The standard InChI is InChI=1S/C15H21NO/c1-4-11(3)13-7-6-8-14-12(9-16-5-2)10-17-15(13)14/h6-8,10-11,16H,4-5,9H2,1-3H3. The van der Waals surface area contributed by atoms with Crippen LogP contribution in [0.25, 0.3) is 11.0 Å². The lowest BCUT2D eigenvalue weighted by molar-refractivity contribution is 0.593. The molecule has 2 aromatic rings. The lowest BCUT2D eigenvalue weighted by Gasteiger charge is -2.09. The molecular formula is C15H21NO. The maximum Gasteiger partial charge on any atom is 0.137 e. The van der Waals surface area contributed by atoms with Gasteiger partial charge in [-0.1, -0.05) is 39.0 Å². The molecule has 0 radical (unpaired) electrons. The van der Waals surface area contributed by atoms with Crippen LogP contribution in [0.4, 0.5) is 0 Å². The van der Waals surface area contributed by atoms with Crippen LogP contribution in [0.15, 0.2) is 28.9 Å². The Morgan fingerprint density at radius 1 is 1.29 bits per heavy atom. The van der Waals surface area contributed by atoms with Crippen molar-refractivity contribution in [3.8, 4) is 0 Å². The molecule has 0 spiro atoms. The first-order chi connectivity index (χ1) is 8.27. The van der Waals surface area contributed by atoms with E-state index in [1.54, 1.807) is 0 Å². The predicted molar refractivity (Wildman–Crippen MR) is 72.3 cm³/mol. The fourth-order valence-corrected chi connectivity index (χ4v) is 2.14. The number of hydrogen-bond acceptors (Lipinski definition) is 2. The molecule has 92 valence electrons. The number of furan rings is 1. The highest BCUT2D eigenvalue weighted by atomic mass is 16.3. The Morgan fingerprint density at radius 3 is 2.82 bits per heavy atom. The maximum absolute atomic E-state index is 5.76. The summed E-state index contributed by atoms with van der Waals surface area (Å²) in [4.78, 5) is 0. The summed E-state index contributed by atoms with van der Waals surface area (Å²) < 4.78 is 5.76. The van der Waals surface area contributed by atoms with Crippen molar-refractivity contribution in [2.45, 2.75) is 39.7 Å². The summed E-state index contributed by atoms with van der Waals surface area (Å²) in [6, 6.07) is 6.46. The lowest BCUT2D eigenvalue weighted by atomic mass is 9.96. The van der Waals surface area contributed by atoms with Crippen molar-refractivity contribution in [1.29, 1.82) is 0 Å². The van der Waals surface area contributed by atoms with Crippen molar-refractivity contribution in [2.24, 2.45) is 0 Å². The van der Waals surface area contributed by atoms with Gasteiger partial charge in [0, 0.05) is 17.5 Å². The number of benzene rings is 1. The minimum atomic E-state index is 0.553. The first kappa shape index (κ1) is 12.2. The van der Waals surface area contributed by atoms with Gasteiger partial charge in [-0.05, 0) is 24.4 Å². The van der Waals surface area contributed by atoms with Crippen LogP contribution in [0.1, 0.15) is 44.2 Å². The Hall–Kier alpha value is -1.28. The smallest absolute Gasteiger partial charge is 0.137 e. The molecule has 0 aliphatic rings. The average Bonchev–Trinajstić information content (AvgIpc) is 2.78. The summed E-state index contributed by atoms with van der Waals surface area (Å²) in [5, 5.41) is 4.60. The summed E-state index contributed by atoms with van der Waals surface area (Å²) in [6.45, 7) is 8.45. The highest BCUT2D eigenvalue weighted by Gasteiger charge is 2.12. The minimum absolute atomic E-state index is 0.553. The number of fused-ring (bicyclic) bond motifs is 1. The third-order valence-electron chi connectivity index (χ3n) is 3.42.